The van der Waals surface area contributed by atoms with Crippen LogP contribution in [-0.2, 0) is 19.0 Å². The van der Waals surface area contributed by atoms with Crippen LogP contribution < -0.4 is 10.6 Å². The number of nitrogens with zero attached hydrogens (tertiary/aromatic N) is 4. The van der Waals surface area contributed by atoms with Crippen LogP contribution >= 0.6 is 24.0 Å². The SMILES string of the molecule is CCNC(=NCc1nnc(C)n1C)NCC1(c2ccccc2)CCCC1.I. The Balaban J connectivity index is 0.00000261. The maximum atomic E-state index is 4.71. The summed E-state index contributed by atoms with van der Waals surface area (Å²) in [4.78, 5) is 4.71. The zero-order valence-electron chi connectivity index (χ0n) is 16.5. The van der Waals surface area contributed by atoms with Crippen LogP contribution in [0.1, 0.15) is 49.8 Å². The molecule has 7 heteroatoms. The number of aliphatic imine (C=N–C) groups is 1. The third-order valence-corrected chi connectivity index (χ3v) is 5.45. The molecule has 0 unspecified atom stereocenters. The molecule has 0 atom stereocenters. The minimum absolute atomic E-state index is 0. The highest BCUT2D eigenvalue weighted by atomic mass is 127. The molecule has 0 amide bonds. The number of guanidine groups is 1. The monoisotopic (exact) mass is 482 g/mol. The first-order valence-electron chi connectivity index (χ1n) is 9.57. The molecule has 1 aliphatic carbocycles. The van der Waals surface area contributed by atoms with Gasteiger partial charge in [-0.15, -0.1) is 34.2 Å². The Hall–Kier alpha value is -1.64. The van der Waals surface area contributed by atoms with Gasteiger partial charge >= 0.3 is 0 Å². The number of hydrogen-bond donors (Lipinski definition) is 2. The first-order chi connectivity index (χ1) is 12.6. The van der Waals surface area contributed by atoms with E-state index in [9.17, 15) is 0 Å². The van der Waals surface area contributed by atoms with Gasteiger partial charge in [-0.1, -0.05) is 43.2 Å². The van der Waals surface area contributed by atoms with E-state index in [1.807, 2.05) is 18.5 Å². The zero-order valence-corrected chi connectivity index (χ0v) is 18.9. The molecule has 2 aromatic rings. The summed E-state index contributed by atoms with van der Waals surface area (Å²) >= 11 is 0. The van der Waals surface area contributed by atoms with E-state index in [-0.39, 0.29) is 29.4 Å². The highest BCUT2D eigenvalue weighted by Crippen LogP contribution is 2.40. The lowest BCUT2D eigenvalue weighted by Crippen LogP contribution is -2.44. The summed E-state index contributed by atoms with van der Waals surface area (Å²) in [5.74, 6) is 2.62. The van der Waals surface area contributed by atoms with Gasteiger partial charge in [0, 0.05) is 25.6 Å². The Labute approximate surface area is 179 Å². The summed E-state index contributed by atoms with van der Waals surface area (Å²) < 4.78 is 1.98. The van der Waals surface area contributed by atoms with Crippen molar-refractivity contribution in [3.8, 4) is 0 Å². The van der Waals surface area contributed by atoms with Crippen molar-refractivity contribution in [2.45, 2.75) is 51.5 Å². The standard InChI is InChI=1S/C20H30N6.HI/c1-4-21-19(22-14-18-25-24-16(2)26(18)3)23-15-20(12-8-9-13-20)17-10-6-5-7-11-17;/h5-7,10-11H,4,8-9,12-15H2,1-3H3,(H2,21,22,23);1H. The number of benzene rings is 1. The van der Waals surface area contributed by atoms with Crippen molar-refractivity contribution in [1.82, 2.24) is 25.4 Å². The molecule has 27 heavy (non-hydrogen) atoms. The second-order valence-electron chi connectivity index (χ2n) is 7.12. The molecule has 1 fully saturated rings. The highest BCUT2D eigenvalue weighted by molar-refractivity contribution is 14.0. The summed E-state index contributed by atoms with van der Waals surface area (Å²) in [6, 6.07) is 10.9. The van der Waals surface area contributed by atoms with Gasteiger partial charge in [0.25, 0.3) is 0 Å². The molecule has 1 aliphatic rings. The maximum absolute atomic E-state index is 4.71. The fourth-order valence-electron chi connectivity index (χ4n) is 3.74. The first-order valence-corrected chi connectivity index (χ1v) is 9.57. The van der Waals surface area contributed by atoms with Crippen molar-refractivity contribution in [2.75, 3.05) is 13.1 Å². The molecule has 0 saturated heterocycles. The Bertz CT molecular complexity index is 734. The minimum Gasteiger partial charge on any atom is -0.357 e. The van der Waals surface area contributed by atoms with Gasteiger partial charge in [-0.2, -0.15) is 0 Å². The second-order valence-corrected chi connectivity index (χ2v) is 7.12. The number of aryl methyl sites for hydroxylation is 1. The fourth-order valence-corrected chi connectivity index (χ4v) is 3.74. The van der Waals surface area contributed by atoms with Gasteiger partial charge in [0.2, 0.25) is 0 Å². The molecule has 1 aromatic heterocycles. The van der Waals surface area contributed by atoms with Gasteiger partial charge < -0.3 is 15.2 Å². The van der Waals surface area contributed by atoms with Crippen LogP contribution in [0, 0.1) is 6.92 Å². The summed E-state index contributed by atoms with van der Waals surface area (Å²) in [6.45, 7) is 6.30. The maximum Gasteiger partial charge on any atom is 0.191 e. The Morgan fingerprint density at radius 2 is 1.85 bits per heavy atom. The van der Waals surface area contributed by atoms with Gasteiger partial charge in [0.1, 0.15) is 12.4 Å². The smallest absolute Gasteiger partial charge is 0.191 e. The first kappa shape index (κ1) is 21.7. The average molecular weight is 482 g/mol. The number of aromatic nitrogens is 3. The molecule has 0 radical (unpaired) electrons. The third-order valence-electron chi connectivity index (χ3n) is 5.45. The molecule has 6 nitrogen and oxygen atoms in total. The van der Waals surface area contributed by atoms with Crippen molar-refractivity contribution in [3.63, 3.8) is 0 Å². The molecule has 0 aliphatic heterocycles. The fraction of sp³-hybridized carbons (Fsp3) is 0.550. The van der Waals surface area contributed by atoms with E-state index in [2.05, 4.69) is 58.1 Å². The molecular weight excluding hydrogens is 451 g/mol. The van der Waals surface area contributed by atoms with Crippen molar-refractivity contribution in [1.29, 1.82) is 0 Å². The van der Waals surface area contributed by atoms with Crippen LogP contribution in [0.3, 0.4) is 0 Å². The normalized spacial score (nSPS) is 16.0. The largest absolute Gasteiger partial charge is 0.357 e. The van der Waals surface area contributed by atoms with Crippen molar-refractivity contribution < 1.29 is 0 Å². The molecule has 0 bridgehead atoms. The number of hydrogen-bond acceptors (Lipinski definition) is 3. The van der Waals surface area contributed by atoms with Crippen LogP contribution in [0.15, 0.2) is 35.3 Å². The van der Waals surface area contributed by atoms with Gasteiger partial charge in [-0.25, -0.2) is 4.99 Å². The Morgan fingerprint density at radius 1 is 1.15 bits per heavy atom. The predicted octanol–water partition coefficient (Wildman–Crippen LogP) is 3.31. The highest BCUT2D eigenvalue weighted by Gasteiger charge is 2.35. The van der Waals surface area contributed by atoms with E-state index >= 15 is 0 Å². The lowest BCUT2D eigenvalue weighted by atomic mass is 9.79. The predicted molar refractivity (Wildman–Crippen MR) is 121 cm³/mol. The Morgan fingerprint density at radius 3 is 2.44 bits per heavy atom. The van der Waals surface area contributed by atoms with Crippen molar-refractivity contribution in [2.24, 2.45) is 12.0 Å². The third kappa shape index (κ3) is 5.21. The molecule has 1 aromatic carbocycles. The molecule has 1 heterocycles. The van der Waals surface area contributed by atoms with Gasteiger partial charge in [0.05, 0.1) is 0 Å². The van der Waals surface area contributed by atoms with E-state index in [1.54, 1.807) is 0 Å². The molecule has 3 rings (SSSR count). The summed E-state index contributed by atoms with van der Waals surface area (Å²) in [5.41, 5.74) is 1.64. The lowest BCUT2D eigenvalue weighted by Gasteiger charge is -2.30. The zero-order chi connectivity index (χ0) is 18.4. The van der Waals surface area contributed by atoms with E-state index in [0.717, 1.165) is 30.7 Å². The second kappa shape index (κ2) is 10.1. The number of nitrogens with one attached hydrogen (secondary N) is 2. The summed E-state index contributed by atoms with van der Waals surface area (Å²) in [6.07, 6.45) is 5.04. The topological polar surface area (TPSA) is 67.1 Å². The number of rotatable bonds is 6. The lowest BCUT2D eigenvalue weighted by molar-refractivity contribution is 0.431. The average Bonchev–Trinajstić information content (AvgIpc) is 3.27. The van der Waals surface area contributed by atoms with Gasteiger partial charge in [0.15, 0.2) is 11.8 Å². The van der Waals surface area contributed by atoms with E-state index in [4.69, 9.17) is 4.99 Å². The van der Waals surface area contributed by atoms with Crippen LogP contribution in [0.2, 0.25) is 0 Å². The molecule has 148 valence electrons. The Kier molecular flexibility index (Phi) is 8.07. The molecule has 1 saturated carbocycles. The van der Waals surface area contributed by atoms with Gasteiger partial charge in [-0.05, 0) is 32.3 Å². The number of halogens is 1. The quantitative estimate of drug-likeness (QED) is 0.377. The van der Waals surface area contributed by atoms with Gasteiger partial charge in [-0.3, -0.25) is 0 Å². The molecular formula is C20H31IN6. The van der Waals surface area contributed by atoms with Crippen LogP contribution in [0.4, 0.5) is 0 Å². The van der Waals surface area contributed by atoms with Crippen LogP contribution in [-0.4, -0.2) is 33.8 Å². The molecule has 2 N–H and O–H groups in total. The van der Waals surface area contributed by atoms with Crippen molar-refractivity contribution >= 4 is 29.9 Å². The summed E-state index contributed by atoms with van der Waals surface area (Å²) in [7, 11) is 1.98. The van der Waals surface area contributed by atoms with E-state index in [0.29, 0.717) is 6.54 Å². The van der Waals surface area contributed by atoms with E-state index < -0.39 is 0 Å². The van der Waals surface area contributed by atoms with Crippen molar-refractivity contribution in [3.05, 3.63) is 47.5 Å². The minimum atomic E-state index is 0. The van der Waals surface area contributed by atoms with E-state index in [1.165, 1.54) is 31.2 Å². The molecule has 0 spiro atoms. The summed E-state index contributed by atoms with van der Waals surface area (Å²) in [5, 5.41) is 15.2. The van der Waals surface area contributed by atoms with Crippen LogP contribution in [0.25, 0.3) is 0 Å². The van der Waals surface area contributed by atoms with Crippen LogP contribution in [0.5, 0.6) is 0 Å².